The predicted octanol–water partition coefficient (Wildman–Crippen LogP) is 5.01. The third-order valence-corrected chi connectivity index (χ3v) is 5.22. The first kappa shape index (κ1) is 18.8. The lowest BCUT2D eigenvalue weighted by molar-refractivity contribution is -0.385. The fraction of sp³-hybridized carbons (Fsp3) is 0.611. The van der Waals surface area contributed by atoms with Crippen molar-refractivity contribution in [3.05, 3.63) is 33.9 Å². The molecule has 0 radical (unpaired) electrons. The summed E-state index contributed by atoms with van der Waals surface area (Å²) in [6.45, 7) is 11.7. The molecule has 1 aromatic carbocycles. The summed E-state index contributed by atoms with van der Waals surface area (Å²) in [4.78, 5) is 18.0. The summed E-state index contributed by atoms with van der Waals surface area (Å²) in [6.07, 6.45) is 1.15. The van der Waals surface area contributed by atoms with E-state index in [1.54, 1.807) is 24.8 Å². The zero-order chi connectivity index (χ0) is 17.9. The molecule has 0 bridgehead atoms. The van der Waals surface area contributed by atoms with Crippen LogP contribution < -0.4 is 0 Å². The van der Waals surface area contributed by atoms with Crippen LogP contribution in [0.15, 0.2) is 23.2 Å². The van der Waals surface area contributed by atoms with Gasteiger partial charge in [-0.15, -0.1) is 0 Å². The van der Waals surface area contributed by atoms with Gasteiger partial charge in [-0.2, -0.15) is 0 Å². The Morgan fingerprint density at radius 1 is 1.33 bits per heavy atom. The van der Waals surface area contributed by atoms with Crippen LogP contribution in [0.2, 0.25) is 0 Å². The molecule has 1 aliphatic rings. The number of hydrogen-bond acceptors (Lipinski definition) is 4. The zero-order valence-corrected chi connectivity index (χ0v) is 16.0. The summed E-state index contributed by atoms with van der Waals surface area (Å²) in [7, 11) is 0. The van der Waals surface area contributed by atoms with Gasteiger partial charge in [-0.1, -0.05) is 45.5 Å². The van der Waals surface area contributed by atoms with Crippen LogP contribution in [0.5, 0.6) is 0 Å². The molecule has 1 fully saturated rings. The molecule has 1 saturated heterocycles. The van der Waals surface area contributed by atoms with Crippen LogP contribution >= 0.6 is 11.8 Å². The Kier molecular flexibility index (Phi) is 6.27. The molecule has 1 heterocycles. The number of aliphatic imine (C=N–C) groups is 1. The maximum Gasteiger partial charge on any atom is 0.274 e. The lowest BCUT2D eigenvalue weighted by Gasteiger charge is -2.28. The predicted molar refractivity (Wildman–Crippen MR) is 102 cm³/mol. The Bertz CT molecular complexity index is 629. The lowest BCUT2D eigenvalue weighted by Crippen LogP contribution is -2.37. The molecule has 0 N–H and O–H groups in total. The molecule has 0 saturated carbocycles. The van der Waals surface area contributed by atoms with E-state index in [1.165, 1.54) is 6.07 Å². The highest BCUT2D eigenvalue weighted by molar-refractivity contribution is 8.14. The molecule has 1 aliphatic heterocycles. The Morgan fingerprint density at radius 2 is 2.04 bits per heavy atom. The summed E-state index contributed by atoms with van der Waals surface area (Å²) in [5, 5.41) is 12.1. The Balaban J connectivity index is 2.33. The highest BCUT2D eigenvalue weighted by Gasteiger charge is 2.31. The second kappa shape index (κ2) is 8.01. The highest BCUT2D eigenvalue weighted by Crippen LogP contribution is 2.33. The van der Waals surface area contributed by atoms with Crippen molar-refractivity contribution in [3.8, 4) is 0 Å². The largest absolute Gasteiger partial charge is 0.347 e. The van der Waals surface area contributed by atoms with Gasteiger partial charge in [0, 0.05) is 24.4 Å². The third kappa shape index (κ3) is 4.50. The summed E-state index contributed by atoms with van der Waals surface area (Å²) < 4.78 is 0. The number of nitro groups is 1. The van der Waals surface area contributed by atoms with E-state index in [1.807, 2.05) is 6.07 Å². The quantitative estimate of drug-likeness (QED) is 0.535. The molecule has 5 nitrogen and oxygen atoms in total. The van der Waals surface area contributed by atoms with Crippen LogP contribution in [0.25, 0.3) is 0 Å². The van der Waals surface area contributed by atoms with E-state index in [-0.39, 0.29) is 10.6 Å². The van der Waals surface area contributed by atoms with E-state index in [0.717, 1.165) is 23.9 Å². The van der Waals surface area contributed by atoms with Crippen molar-refractivity contribution in [1.82, 2.24) is 4.90 Å². The van der Waals surface area contributed by atoms with E-state index in [4.69, 9.17) is 4.99 Å². The first-order valence-electron chi connectivity index (χ1n) is 8.51. The van der Waals surface area contributed by atoms with Gasteiger partial charge in [0.15, 0.2) is 5.17 Å². The number of benzene rings is 1. The molecule has 1 aromatic rings. The zero-order valence-electron chi connectivity index (χ0n) is 15.2. The molecular formula is C18H27N3O2S. The number of nitrogens with zero attached hydrogens (tertiary/aromatic N) is 3. The number of nitro benzene ring substituents is 1. The lowest BCUT2D eigenvalue weighted by atomic mass is 10.0. The first-order chi connectivity index (χ1) is 11.3. The topological polar surface area (TPSA) is 58.7 Å². The SMILES string of the molecule is Cc1c(N=C2SC[C@@H](CC(C)C)N2CC(C)C)cccc1[N+](=O)[O-]. The number of amidine groups is 1. The molecule has 0 aliphatic carbocycles. The minimum absolute atomic E-state index is 0.133. The fourth-order valence-corrected chi connectivity index (χ4v) is 4.20. The van der Waals surface area contributed by atoms with Crippen molar-refractivity contribution < 1.29 is 4.92 Å². The van der Waals surface area contributed by atoms with Crippen molar-refractivity contribution >= 4 is 28.3 Å². The molecule has 132 valence electrons. The highest BCUT2D eigenvalue weighted by atomic mass is 32.2. The Morgan fingerprint density at radius 3 is 2.62 bits per heavy atom. The van der Waals surface area contributed by atoms with Gasteiger partial charge in [0.1, 0.15) is 0 Å². The van der Waals surface area contributed by atoms with Crippen LogP contribution in [0.3, 0.4) is 0 Å². The molecule has 0 amide bonds. The smallest absolute Gasteiger partial charge is 0.274 e. The first-order valence-corrected chi connectivity index (χ1v) is 9.50. The molecule has 24 heavy (non-hydrogen) atoms. The summed E-state index contributed by atoms with van der Waals surface area (Å²) >= 11 is 1.77. The normalized spacial score (nSPS) is 19.7. The maximum atomic E-state index is 11.1. The molecule has 0 unspecified atom stereocenters. The second-order valence-electron chi connectivity index (χ2n) is 7.21. The molecule has 0 spiro atoms. The minimum Gasteiger partial charge on any atom is -0.347 e. The van der Waals surface area contributed by atoms with Crippen LogP contribution in [0, 0.1) is 28.9 Å². The van der Waals surface area contributed by atoms with Gasteiger partial charge in [0.05, 0.1) is 16.2 Å². The van der Waals surface area contributed by atoms with E-state index in [2.05, 4.69) is 32.6 Å². The summed E-state index contributed by atoms with van der Waals surface area (Å²) in [5.41, 5.74) is 1.46. The van der Waals surface area contributed by atoms with Crippen LogP contribution in [0.1, 0.15) is 39.7 Å². The van der Waals surface area contributed by atoms with Gasteiger partial charge in [-0.3, -0.25) is 10.1 Å². The Hall–Kier alpha value is -1.56. The molecule has 6 heteroatoms. The fourth-order valence-electron chi connectivity index (χ4n) is 2.99. The van der Waals surface area contributed by atoms with Crippen molar-refractivity contribution in [3.63, 3.8) is 0 Å². The van der Waals surface area contributed by atoms with E-state index in [0.29, 0.717) is 29.1 Å². The van der Waals surface area contributed by atoms with Crippen LogP contribution in [-0.2, 0) is 0 Å². The number of rotatable bonds is 6. The average molecular weight is 350 g/mol. The average Bonchev–Trinajstić information content (AvgIpc) is 2.82. The van der Waals surface area contributed by atoms with Gasteiger partial charge < -0.3 is 4.90 Å². The molecule has 1 atom stereocenters. The number of hydrogen-bond donors (Lipinski definition) is 0. The minimum atomic E-state index is -0.339. The number of thioether (sulfide) groups is 1. The second-order valence-corrected chi connectivity index (χ2v) is 8.20. The Labute approximate surface area is 148 Å². The van der Waals surface area contributed by atoms with E-state index >= 15 is 0 Å². The maximum absolute atomic E-state index is 11.1. The van der Waals surface area contributed by atoms with Gasteiger partial charge in [-0.25, -0.2) is 4.99 Å². The van der Waals surface area contributed by atoms with Crippen LogP contribution in [0.4, 0.5) is 11.4 Å². The van der Waals surface area contributed by atoms with Gasteiger partial charge in [0.2, 0.25) is 0 Å². The molecular weight excluding hydrogens is 322 g/mol. The summed E-state index contributed by atoms with van der Waals surface area (Å²) in [6, 6.07) is 5.60. The van der Waals surface area contributed by atoms with E-state index in [9.17, 15) is 10.1 Å². The van der Waals surface area contributed by atoms with Crippen molar-refractivity contribution in [2.45, 2.75) is 47.1 Å². The van der Waals surface area contributed by atoms with Crippen molar-refractivity contribution in [2.24, 2.45) is 16.8 Å². The van der Waals surface area contributed by atoms with Gasteiger partial charge >= 0.3 is 0 Å². The standard InChI is InChI=1S/C18H27N3O2S/c1-12(2)9-15-11-24-18(20(15)10-13(3)4)19-16-7-6-8-17(14(16)5)21(22)23/h6-8,12-13,15H,9-11H2,1-5H3/t15-/m1/s1. The molecule has 0 aromatic heterocycles. The van der Waals surface area contributed by atoms with Crippen molar-refractivity contribution in [2.75, 3.05) is 12.3 Å². The van der Waals surface area contributed by atoms with Crippen LogP contribution in [-0.4, -0.2) is 33.3 Å². The summed E-state index contributed by atoms with van der Waals surface area (Å²) in [5.74, 6) is 2.23. The van der Waals surface area contributed by atoms with Gasteiger partial charge in [-0.05, 0) is 31.2 Å². The van der Waals surface area contributed by atoms with Gasteiger partial charge in [0.25, 0.3) is 5.69 Å². The van der Waals surface area contributed by atoms with Crippen molar-refractivity contribution in [1.29, 1.82) is 0 Å². The molecule has 2 rings (SSSR count). The third-order valence-electron chi connectivity index (χ3n) is 4.09. The monoisotopic (exact) mass is 349 g/mol. The van der Waals surface area contributed by atoms with E-state index < -0.39 is 0 Å².